The van der Waals surface area contributed by atoms with Gasteiger partial charge in [-0.15, -0.1) is 0 Å². The molecule has 0 bridgehead atoms. The monoisotopic (exact) mass is 425 g/mol. The van der Waals surface area contributed by atoms with Gasteiger partial charge in [0, 0.05) is 18.7 Å². The molecule has 31 heavy (non-hydrogen) atoms. The summed E-state index contributed by atoms with van der Waals surface area (Å²) in [5.41, 5.74) is 5.45. The van der Waals surface area contributed by atoms with Crippen LogP contribution in [0.4, 0.5) is 5.69 Å². The van der Waals surface area contributed by atoms with Crippen molar-refractivity contribution >= 4 is 23.4 Å². The van der Waals surface area contributed by atoms with Gasteiger partial charge in [-0.1, -0.05) is 12.1 Å². The minimum Gasteiger partial charge on any atom is -0.494 e. The van der Waals surface area contributed by atoms with E-state index in [1.807, 2.05) is 13.0 Å². The molecule has 2 N–H and O–H groups in total. The van der Waals surface area contributed by atoms with Gasteiger partial charge in [-0.2, -0.15) is 0 Å². The van der Waals surface area contributed by atoms with Crippen molar-refractivity contribution in [3.8, 4) is 17.2 Å². The number of hydrazine groups is 1. The molecule has 9 heteroatoms. The second-order valence-electron chi connectivity index (χ2n) is 7.18. The molecule has 2 aliphatic heterocycles. The first-order valence-corrected chi connectivity index (χ1v) is 10.1. The van der Waals surface area contributed by atoms with Crippen LogP contribution < -0.4 is 30.0 Å². The van der Waals surface area contributed by atoms with E-state index in [4.69, 9.17) is 14.2 Å². The van der Waals surface area contributed by atoms with Crippen molar-refractivity contribution in [3.63, 3.8) is 0 Å². The van der Waals surface area contributed by atoms with Gasteiger partial charge < -0.3 is 19.1 Å². The van der Waals surface area contributed by atoms with Gasteiger partial charge in [0.25, 0.3) is 5.91 Å². The molecule has 2 heterocycles. The summed E-state index contributed by atoms with van der Waals surface area (Å²) in [5, 5.41) is 0. The van der Waals surface area contributed by atoms with Crippen molar-refractivity contribution in [1.29, 1.82) is 0 Å². The van der Waals surface area contributed by atoms with E-state index in [0.717, 1.165) is 0 Å². The Kier molecular flexibility index (Phi) is 5.92. The van der Waals surface area contributed by atoms with Crippen molar-refractivity contribution in [2.75, 3.05) is 24.7 Å². The number of carbonyl (C=O) groups is 3. The first-order chi connectivity index (χ1) is 15.0. The number of nitrogens with zero attached hydrogens (tertiary/aromatic N) is 1. The maximum atomic E-state index is 12.5. The summed E-state index contributed by atoms with van der Waals surface area (Å²) < 4.78 is 16.5. The third-order valence-corrected chi connectivity index (χ3v) is 5.07. The van der Waals surface area contributed by atoms with Crippen molar-refractivity contribution < 1.29 is 28.6 Å². The number of para-hydroxylation sites is 2. The Bertz CT molecular complexity index is 977. The third kappa shape index (κ3) is 4.55. The molecule has 9 nitrogen and oxygen atoms in total. The van der Waals surface area contributed by atoms with Gasteiger partial charge in [0.05, 0.1) is 12.5 Å². The molecule has 1 fully saturated rings. The predicted molar refractivity (Wildman–Crippen MR) is 111 cm³/mol. The Morgan fingerprint density at radius 2 is 1.77 bits per heavy atom. The van der Waals surface area contributed by atoms with Crippen LogP contribution in [0, 0.1) is 5.92 Å². The molecule has 0 radical (unpaired) electrons. The van der Waals surface area contributed by atoms with Crippen LogP contribution in [-0.2, 0) is 14.4 Å². The number of hydrogen-bond donors (Lipinski definition) is 2. The molecule has 0 spiro atoms. The van der Waals surface area contributed by atoms with E-state index < -0.39 is 23.8 Å². The van der Waals surface area contributed by atoms with E-state index in [0.29, 0.717) is 29.5 Å². The van der Waals surface area contributed by atoms with Crippen LogP contribution >= 0.6 is 0 Å². The molecule has 162 valence electrons. The first-order valence-electron chi connectivity index (χ1n) is 10.1. The Balaban J connectivity index is 1.29. The highest BCUT2D eigenvalue weighted by molar-refractivity contribution is 6.00. The molecule has 1 saturated heterocycles. The quantitative estimate of drug-likeness (QED) is 0.702. The Morgan fingerprint density at radius 1 is 1.06 bits per heavy atom. The van der Waals surface area contributed by atoms with Crippen molar-refractivity contribution in [2.45, 2.75) is 19.4 Å². The van der Waals surface area contributed by atoms with Gasteiger partial charge in [-0.25, -0.2) is 0 Å². The SMILES string of the molecule is CCOc1ccc(N2C[C@H](C(=O)NNC(=O)[C@H]3COc4ccccc4O3)CC2=O)cc1. The van der Waals surface area contributed by atoms with Crippen LogP contribution in [0.5, 0.6) is 17.2 Å². The van der Waals surface area contributed by atoms with Crippen LogP contribution in [0.1, 0.15) is 13.3 Å². The second-order valence-corrected chi connectivity index (χ2v) is 7.18. The Morgan fingerprint density at radius 3 is 2.52 bits per heavy atom. The lowest BCUT2D eigenvalue weighted by atomic mass is 10.1. The number of carbonyl (C=O) groups excluding carboxylic acids is 3. The minimum atomic E-state index is -0.888. The number of fused-ring (bicyclic) bond motifs is 1. The molecule has 0 aromatic heterocycles. The lowest BCUT2D eigenvalue weighted by molar-refractivity contribution is -0.136. The fourth-order valence-electron chi connectivity index (χ4n) is 3.48. The highest BCUT2D eigenvalue weighted by Crippen LogP contribution is 2.31. The normalized spacial score (nSPS) is 19.6. The maximum Gasteiger partial charge on any atom is 0.283 e. The van der Waals surface area contributed by atoms with Crippen molar-refractivity contribution in [1.82, 2.24) is 10.9 Å². The van der Waals surface area contributed by atoms with Gasteiger partial charge in [0.1, 0.15) is 12.4 Å². The fraction of sp³-hybridized carbons (Fsp3) is 0.318. The predicted octanol–water partition coefficient (Wildman–Crippen LogP) is 1.43. The highest BCUT2D eigenvalue weighted by atomic mass is 16.6. The molecule has 2 atom stereocenters. The average Bonchev–Trinajstić information content (AvgIpc) is 3.19. The number of nitrogens with one attached hydrogen (secondary N) is 2. The van der Waals surface area contributed by atoms with E-state index in [-0.39, 0.29) is 25.5 Å². The summed E-state index contributed by atoms with van der Waals surface area (Å²) >= 11 is 0. The molecule has 2 aromatic rings. The zero-order valence-electron chi connectivity index (χ0n) is 17.0. The van der Waals surface area contributed by atoms with Gasteiger partial charge >= 0.3 is 0 Å². The lowest BCUT2D eigenvalue weighted by Gasteiger charge is -2.25. The van der Waals surface area contributed by atoms with Crippen molar-refractivity contribution in [2.24, 2.45) is 5.92 Å². The van der Waals surface area contributed by atoms with E-state index >= 15 is 0 Å². The van der Waals surface area contributed by atoms with Gasteiger partial charge in [0.2, 0.25) is 17.9 Å². The van der Waals surface area contributed by atoms with E-state index in [1.165, 1.54) is 0 Å². The number of anilines is 1. The topological polar surface area (TPSA) is 106 Å². The van der Waals surface area contributed by atoms with Crippen LogP contribution in [-0.4, -0.2) is 43.6 Å². The maximum absolute atomic E-state index is 12.5. The number of ether oxygens (including phenoxy) is 3. The molecular weight excluding hydrogens is 402 g/mol. The summed E-state index contributed by atoms with van der Waals surface area (Å²) in [6.07, 6.45) is -0.827. The summed E-state index contributed by atoms with van der Waals surface area (Å²) in [6, 6.07) is 14.2. The molecule has 0 saturated carbocycles. The van der Waals surface area contributed by atoms with E-state index in [2.05, 4.69) is 10.9 Å². The molecule has 4 rings (SSSR count). The summed E-state index contributed by atoms with van der Waals surface area (Å²) in [4.78, 5) is 38.8. The number of benzene rings is 2. The number of rotatable bonds is 5. The van der Waals surface area contributed by atoms with E-state index in [9.17, 15) is 14.4 Å². The molecule has 2 aromatic carbocycles. The van der Waals surface area contributed by atoms with E-state index in [1.54, 1.807) is 47.4 Å². The zero-order valence-corrected chi connectivity index (χ0v) is 17.0. The Labute approximate surface area is 179 Å². The van der Waals surface area contributed by atoms with Gasteiger partial charge in [-0.3, -0.25) is 25.2 Å². The first kappa shape index (κ1) is 20.5. The van der Waals surface area contributed by atoms with Gasteiger partial charge in [0.15, 0.2) is 11.5 Å². The lowest BCUT2D eigenvalue weighted by Crippen LogP contribution is -2.52. The zero-order chi connectivity index (χ0) is 21.8. The van der Waals surface area contributed by atoms with Crippen LogP contribution in [0.25, 0.3) is 0 Å². The third-order valence-electron chi connectivity index (χ3n) is 5.07. The Hall–Kier alpha value is -3.75. The number of hydrogen-bond acceptors (Lipinski definition) is 6. The van der Waals surface area contributed by atoms with Crippen LogP contribution in [0.15, 0.2) is 48.5 Å². The molecular formula is C22H23N3O6. The minimum absolute atomic E-state index is 0.0339. The standard InChI is InChI=1S/C22H23N3O6/c1-2-29-16-9-7-15(8-10-16)25-12-14(11-20(25)26)21(27)23-24-22(28)19-13-30-17-5-3-4-6-18(17)31-19/h3-10,14,19H,2,11-13H2,1H3,(H,23,27)(H,24,28)/t14-,19-/m1/s1. The average molecular weight is 425 g/mol. The molecule has 0 unspecified atom stereocenters. The smallest absolute Gasteiger partial charge is 0.283 e. The molecule has 2 aliphatic rings. The second kappa shape index (κ2) is 8.95. The molecule has 3 amide bonds. The van der Waals surface area contributed by atoms with Gasteiger partial charge in [-0.05, 0) is 43.3 Å². The fourth-order valence-corrected chi connectivity index (χ4v) is 3.48. The van der Waals surface area contributed by atoms with Crippen LogP contribution in [0.3, 0.4) is 0 Å². The molecule has 0 aliphatic carbocycles. The number of amides is 3. The van der Waals surface area contributed by atoms with Crippen molar-refractivity contribution in [3.05, 3.63) is 48.5 Å². The largest absolute Gasteiger partial charge is 0.494 e. The summed E-state index contributed by atoms with van der Waals surface area (Å²) in [6.45, 7) is 2.71. The summed E-state index contributed by atoms with van der Waals surface area (Å²) in [7, 11) is 0. The summed E-state index contributed by atoms with van der Waals surface area (Å²) in [5.74, 6) is 0.0381. The highest BCUT2D eigenvalue weighted by Gasteiger charge is 2.36. The van der Waals surface area contributed by atoms with Crippen LogP contribution in [0.2, 0.25) is 0 Å².